The Morgan fingerprint density at radius 1 is 0.791 bits per heavy atom. The standard InChI is InChI=1S/C32H34FNO3.CH5N.CH4O.CH2O/c1-22(2)31-29(23-9-5-3-6-10-23)30(24-13-15-26(33)16-14-24)32(25-11-7-4-8-12-25)34(31)19-17-27(36)21-28(37)18-20-35;3*1-2/h3-16,20,22,27-28,36-37H,17-19,21H2,1-2H3;2H2,1H3;2H,1H3;1H2. The van der Waals surface area contributed by atoms with Crippen LogP contribution in [-0.4, -0.2) is 59.3 Å². The summed E-state index contributed by atoms with van der Waals surface area (Å²) in [6.07, 6.45) is -0.357. The lowest BCUT2D eigenvalue weighted by Gasteiger charge is -2.20. The Morgan fingerprint density at radius 2 is 1.28 bits per heavy atom. The van der Waals surface area contributed by atoms with Gasteiger partial charge in [-0.25, -0.2) is 4.39 Å². The predicted molar refractivity (Wildman–Crippen MR) is 172 cm³/mol. The van der Waals surface area contributed by atoms with Gasteiger partial charge in [-0.15, -0.1) is 0 Å². The van der Waals surface area contributed by atoms with Crippen LogP contribution in [0.2, 0.25) is 0 Å². The van der Waals surface area contributed by atoms with Gasteiger partial charge in [0.25, 0.3) is 0 Å². The van der Waals surface area contributed by atoms with Gasteiger partial charge in [-0.05, 0) is 54.6 Å². The minimum atomic E-state index is -0.856. The highest BCUT2D eigenvalue weighted by atomic mass is 19.1. The van der Waals surface area contributed by atoms with Crippen LogP contribution >= 0.6 is 0 Å². The summed E-state index contributed by atoms with van der Waals surface area (Å²) in [5.41, 5.74) is 11.8. The zero-order valence-corrected chi connectivity index (χ0v) is 25.5. The molecule has 8 heteroatoms. The molecule has 2 atom stereocenters. The third kappa shape index (κ3) is 10.1. The molecule has 0 aliphatic rings. The molecule has 1 heterocycles. The molecule has 0 bridgehead atoms. The molecule has 43 heavy (non-hydrogen) atoms. The van der Waals surface area contributed by atoms with Crippen molar-refractivity contribution in [1.82, 2.24) is 4.57 Å². The number of halogens is 1. The zero-order chi connectivity index (χ0) is 32.4. The molecule has 2 unspecified atom stereocenters. The fourth-order valence-electron chi connectivity index (χ4n) is 5.08. The quantitative estimate of drug-likeness (QED) is 0.162. The number of aliphatic hydroxyl groups excluding tert-OH is 3. The normalized spacial score (nSPS) is 11.6. The largest absolute Gasteiger partial charge is 0.400 e. The number of hydrogen-bond donors (Lipinski definition) is 4. The van der Waals surface area contributed by atoms with E-state index in [0.717, 1.165) is 46.3 Å². The molecule has 0 radical (unpaired) electrons. The smallest absolute Gasteiger partial charge is 0.123 e. The summed E-state index contributed by atoms with van der Waals surface area (Å²) >= 11 is 0. The first-order chi connectivity index (χ1) is 20.9. The molecular weight excluding hydrogens is 547 g/mol. The summed E-state index contributed by atoms with van der Waals surface area (Å²) in [7, 11) is 2.50. The minimum Gasteiger partial charge on any atom is -0.400 e. The molecule has 1 aromatic heterocycles. The van der Waals surface area contributed by atoms with Gasteiger partial charge in [0.15, 0.2) is 0 Å². The Kier molecular flexibility index (Phi) is 17.3. The van der Waals surface area contributed by atoms with Crippen molar-refractivity contribution in [2.75, 3.05) is 14.2 Å². The van der Waals surface area contributed by atoms with E-state index in [-0.39, 0.29) is 24.6 Å². The van der Waals surface area contributed by atoms with Crippen molar-refractivity contribution in [3.8, 4) is 33.5 Å². The molecule has 0 aliphatic heterocycles. The number of aromatic nitrogens is 1. The molecular formula is C35H45FN2O5. The van der Waals surface area contributed by atoms with Gasteiger partial charge in [-0.3, -0.25) is 0 Å². The van der Waals surface area contributed by atoms with Crippen molar-refractivity contribution in [1.29, 1.82) is 0 Å². The van der Waals surface area contributed by atoms with Gasteiger partial charge >= 0.3 is 0 Å². The van der Waals surface area contributed by atoms with Crippen molar-refractivity contribution >= 4 is 13.1 Å². The van der Waals surface area contributed by atoms with Crippen LogP contribution < -0.4 is 5.73 Å². The molecule has 0 aliphatic carbocycles. The Morgan fingerprint density at radius 3 is 1.77 bits per heavy atom. The SMILES string of the molecule is C=O.CC(C)c1c(-c2ccccc2)c(-c2ccc(F)cc2)c(-c2ccccc2)n1CCC(O)CC(O)CC=O.CN.CO. The van der Waals surface area contributed by atoms with E-state index in [1.54, 1.807) is 0 Å². The average Bonchev–Trinajstić information content (AvgIpc) is 3.39. The number of aliphatic hydroxyl groups is 3. The molecule has 0 amide bonds. The van der Waals surface area contributed by atoms with E-state index in [9.17, 15) is 19.4 Å². The number of aldehydes is 1. The van der Waals surface area contributed by atoms with Crippen molar-refractivity contribution in [3.63, 3.8) is 0 Å². The molecule has 5 N–H and O–H groups in total. The van der Waals surface area contributed by atoms with E-state index >= 15 is 0 Å². The zero-order valence-electron chi connectivity index (χ0n) is 25.5. The van der Waals surface area contributed by atoms with Crippen LogP contribution in [-0.2, 0) is 16.1 Å². The average molecular weight is 593 g/mol. The Bertz CT molecular complexity index is 1330. The second-order valence-electron chi connectivity index (χ2n) is 9.76. The summed E-state index contributed by atoms with van der Waals surface area (Å²) in [6, 6.07) is 27.0. The van der Waals surface area contributed by atoms with E-state index in [2.05, 4.69) is 48.4 Å². The highest BCUT2D eigenvalue weighted by Crippen LogP contribution is 2.47. The first-order valence-corrected chi connectivity index (χ1v) is 14.1. The molecule has 232 valence electrons. The third-order valence-corrected chi connectivity index (χ3v) is 6.69. The van der Waals surface area contributed by atoms with Gasteiger partial charge in [0.1, 0.15) is 18.9 Å². The molecule has 4 aromatic rings. The molecule has 0 saturated carbocycles. The van der Waals surface area contributed by atoms with Crippen LogP contribution in [0.3, 0.4) is 0 Å². The Balaban J connectivity index is 0.00000145. The number of nitrogens with two attached hydrogens (primary N) is 1. The maximum absolute atomic E-state index is 14.0. The second-order valence-corrected chi connectivity index (χ2v) is 9.76. The molecule has 4 rings (SSSR count). The second kappa shape index (κ2) is 20.0. The van der Waals surface area contributed by atoms with Gasteiger partial charge in [0, 0.05) is 36.9 Å². The maximum atomic E-state index is 14.0. The van der Waals surface area contributed by atoms with Crippen LogP contribution in [0.5, 0.6) is 0 Å². The third-order valence-electron chi connectivity index (χ3n) is 6.69. The van der Waals surface area contributed by atoms with E-state index in [1.165, 1.54) is 19.2 Å². The molecule has 0 fully saturated rings. The monoisotopic (exact) mass is 592 g/mol. The number of carbonyl (C=O) groups excluding carboxylic acids is 2. The summed E-state index contributed by atoms with van der Waals surface area (Å²) in [5.74, 6) is -0.128. The van der Waals surface area contributed by atoms with Crippen LogP contribution in [0.1, 0.15) is 44.7 Å². The van der Waals surface area contributed by atoms with Crippen LogP contribution in [0.15, 0.2) is 84.9 Å². The van der Waals surface area contributed by atoms with E-state index < -0.39 is 12.2 Å². The minimum absolute atomic E-state index is 0.0138. The van der Waals surface area contributed by atoms with Gasteiger partial charge in [0.05, 0.1) is 17.9 Å². The van der Waals surface area contributed by atoms with Gasteiger partial charge < -0.3 is 35.2 Å². The van der Waals surface area contributed by atoms with Crippen molar-refractivity contribution in [2.24, 2.45) is 5.73 Å². The molecule has 7 nitrogen and oxygen atoms in total. The number of rotatable bonds is 11. The van der Waals surface area contributed by atoms with E-state index in [1.807, 2.05) is 55.3 Å². The molecule has 0 saturated heterocycles. The van der Waals surface area contributed by atoms with Crippen LogP contribution in [0.25, 0.3) is 33.5 Å². The fraction of sp³-hybridized carbons (Fsp3) is 0.314. The first kappa shape index (κ1) is 37.1. The number of benzene rings is 3. The highest BCUT2D eigenvalue weighted by Gasteiger charge is 2.27. The summed E-state index contributed by atoms with van der Waals surface area (Å²) in [4.78, 5) is 18.8. The summed E-state index contributed by atoms with van der Waals surface area (Å²) < 4.78 is 16.2. The predicted octanol–water partition coefficient (Wildman–Crippen LogP) is 5.84. The van der Waals surface area contributed by atoms with Crippen molar-refractivity contribution in [2.45, 2.75) is 57.8 Å². The number of carbonyl (C=O) groups is 2. The lowest BCUT2D eigenvalue weighted by atomic mass is 9.91. The maximum Gasteiger partial charge on any atom is 0.123 e. The topological polar surface area (TPSA) is 126 Å². The van der Waals surface area contributed by atoms with Crippen LogP contribution in [0, 0.1) is 5.82 Å². The van der Waals surface area contributed by atoms with Crippen molar-refractivity contribution < 1.29 is 29.3 Å². The number of nitrogens with zero attached hydrogens (tertiary/aromatic N) is 1. The highest BCUT2D eigenvalue weighted by molar-refractivity contribution is 5.96. The van der Waals surface area contributed by atoms with Gasteiger partial charge in [-0.1, -0.05) is 86.6 Å². The van der Waals surface area contributed by atoms with E-state index in [4.69, 9.17) is 9.90 Å². The first-order valence-electron chi connectivity index (χ1n) is 14.1. The van der Waals surface area contributed by atoms with E-state index in [0.29, 0.717) is 19.3 Å². The number of hydrogen-bond acceptors (Lipinski definition) is 6. The van der Waals surface area contributed by atoms with Gasteiger partial charge in [-0.2, -0.15) is 0 Å². The van der Waals surface area contributed by atoms with Crippen LogP contribution in [0.4, 0.5) is 4.39 Å². The Hall–Kier alpha value is -3.95. The fourth-order valence-corrected chi connectivity index (χ4v) is 5.08. The molecule has 0 spiro atoms. The summed E-state index contributed by atoms with van der Waals surface area (Å²) in [5, 5.41) is 27.7. The summed E-state index contributed by atoms with van der Waals surface area (Å²) in [6.45, 7) is 6.84. The van der Waals surface area contributed by atoms with Crippen molar-refractivity contribution in [3.05, 3.63) is 96.4 Å². The lowest BCUT2D eigenvalue weighted by molar-refractivity contribution is -0.109. The lowest BCUT2D eigenvalue weighted by Crippen LogP contribution is -2.20. The Labute approximate surface area is 254 Å². The van der Waals surface area contributed by atoms with Gasteiger partial charge in [0.2, 0.25) is 0 Å². The molecule has 3 aromatic carbocycles.